The van der Waals surface area contributed by atoms with Gasteiger partial charge in [-0.05, 0) is 12.2 Å². The molecule has 52 valence electrons. The van der Waals surface area contributed by atoms with Gasteiger partial charge in [-0.3, -0.25) is 0 Å². The van der Waals surface area contributed by atoms with Crippen molar-refractivity contribution in [3.8, 4) is 6.07 Å². The predicted octanol–water partition coefficient (Wildman–Crippen LogP) is 0.180. The lowest BCUT2D eigenvalue weighted by Crippen LogP contribution is -2.35. The molecule has 0 amide bonds. The van der Waals surface area contributed by atoms with E-state index in [-0.39, 0.29) is 6.17 Å². The highest BCUT2D eigenvalue weighted by molar-refractivity contribution is 5.35. The average molecular weight is 135 g/mol. The second-order valence-electron chi connectivity index (χ2n) is 2.21. The van der Waals surface area contributed by atoms with Crippen molar-refractivity contribution in [1.29, 1.82) is 5.26 Å². The number of nitriles is 1. The van der Waals surface area contributed by atoms with Gasteiger partial charge in [0.2, 0.25) is 0 Å². The SMILES string of the molecule is CN1C=C(C#N)C=CC1N. The fourth-order valence-corrected chi connectivity index (χ4v) is 0.753. The summed E-state index contributed by atoms with van der Waals surface area (Å²) in [6, 6.07) is 2.03. The first kappa shape index (κ1) is 6.84. The van der Waals surface area contributed by atoms with E-state index < -0.39 is 0 Å². The smallest absolute Gasteiger partial charge is 0.101 e. The van der Waals surface area contributed by atoms with Crippen LogP contribution in [0.25, 0.3) is 0 Å². The van der Waals surface area contributed by atoms with Gasteiger partial charge in [0.1, 0.15) is 6.07 Å². The highest BCUT2D eigenvalue weighted by atomic mass is 15.2. The Bertz CT molecular complexity index is 221. The van der Waals surface area contributed by atoms with Gasteiger partial charge in [0.05, 0.1) is 11.7 Å². The molecule has 0 saturated carbocycles. The Labute approximate surface area is 60.0 Å². The minimum Gasteiger partial charge on any atom is -0.361 e. The topological polar surface area (TPSA) is 53.0 Å². The van der Waals surface area contributed by atoms with Gasteiger partial charge in [-0.15, -0.1) is 0 Å². The standard InChI is InChI=1S/C7H9N3/c1-10-5-6(4-8)2-3-7(10)9/h2-3,5,7H,9H2,1H3. The van der Waals surface area contributed by atoms with E-state index in [9.17, 15) is 0 Å². The zero-order valence-electron chi connectivity index (χ0n) is 5.78. The lowest BCUT2D eigenvalue weighted by Gasteiger charge is -2.22. The van der Waals surface area contributed by atoms with E-state index in [0.717, 1.165) is 0 Å². The first-order valence-electron chi connectivity index (χ1n) is 3.01. The maximum Gasteiger partial charge on any atom is 0.101 e. The molecular weight excluding hydrogens is 126 g/mol. The minimum absolute atomic E-state index is 0.0860. The van der Waals surface area contributed by atoms with Gasteiger partial charge in [0, 0.05) is 13.2 Å². The van der Waals surface area contributed by atoms with Crippen molar-refractivity contribution >= 4 is 0 Å². The maximum atomic E-state index is 8.46. The molecule has 0 bridgehead atoms. The first-order valence-corrected chi connectivity index (χ1v) is 3.01. The third kappa shape index (κ3) is 1.17. The number of hydrogen-bond donors (Lipinski definition) is 1. The van der Waals surface area contributed by atoms with Gasteiger partial charge in [0.25, 0.3) is 0 Å². The average Bonchev–Trinajstić information content (AvgIpc) is 1.95. The summed E-state index contributed by atoms with van der Waals surface area (Å²) in [6.07, 6.45) is 5.16. The summed E-state index contributed by atoms with van der Waals surface area (Å²) in [4.78, 5) is 1.79. The molecule has 0 aromatic rings. The summed E-state index contributed by atoms with van der Waals surface area (Å²) in [5.41, 5.74) is 6.22. The number of likely N-dealkylation sites (N-methyl/N-ethyl adjacent to an activating group) is 1. The molecule has 1 unspecified atom stereocenters. The highest BCUT2D eigenvalue weighted by Gasteiger charge is 2.06. The Morgan fingerprint density at radius 1 is 1.80 bits per heavy atom. The molecule has 0 aromatic carbocycles. The molecule has 3 heteroatoms. The van der Waals surface area contributed by atoms with Crippen LogP contribution in [0.1, 0.15) is 0 Å². The van der Waals surface area contributed by atoms with Crippen molar-refractivity contribution < 1.29 is 0 Å². The van der Waals surface area contributed by atoms with E-state index in [2.05, 4.69) is 0 Å². The van der Waals surface area contributed by atoms with Crippen LogP contribution in [0.2, 0.25) is 0 Å². The van der Waals surface area contributed by atoms with Crippen molar-refractivity contribution in [2.75, 3.05) is 7.05 Å². The predicted molar refractivity (Wildman–Crippen MR) is 38.6 cm³/mol. The van der Waals surface area contributed by atoms with E-state index in [1.165, 1.54) is 0 Å². The summed E-state index contributed by atoms with van der Waals surface area (Å²) in [5, 5.41) is 8.46. The molecule has 0 radical (unpaired) electrons. The third-order valence-electron chi connectivity index (χ3n) is 1.42. The molecule has 0 fully saturated rings. The highest BCUT2D eigenvalue weighted by Crippen LogP contribution is 2.06. The van der Waals surface area contributed by atoms with Gasteiger partial charge in [-0.1, -0.05) is 0 Å². The molecule has 1 atom stereocenters. The molecule has 0 spiro atoms. The van der Waals surface area contributed by atoms with E-state index in [0.29, 0.717) is 5.57 Å². The van der Waals surface area contributed by atoms with E-state index >= 15 is 0 Å². The number of nitrogens with zero attached hydrogens (tertiary/aromatic N) is 2. The maximum absolute atomic E-state index is 8.46. The molecule has 10 heavy (non-hydrogen) atoms. The summed E-state index contributed by atoms with van der Waals surface area (Å²) in [7, 11) is 1.84. The van der Waals surface area contributed by atoms with Crippen LogP contribution in [0.5, 0.6) is 0 Å². The Kier molecular flexibility index (Phi) is 1.74. The molecular formula is C7H9N3. The zero-order chi connectivity index (χ0) is 7.56. The minimum atomic E-state index is -0.0860. The Morgan fingerprint density at radius 3 is 3.00 bits per heavy atom. The van der Waals surface area contributed by atoms with E-state index in [1.807, 2.05) is 13.1 Å². The van der Waals surface area contributed by atoms with E-state index in [4.69, 9.17) is 11.0 Å². The molecule has 0 aromatic heterocycles. The second kappa shape index (κ2) is 2.54. The quantitative estimate of drug-likeness (QED) is 0.515. The van der Waals surface area contributed by atoms with Crippen LogP contribution in [0.15, 0.2) is 23.9 Å². The molecule has 1 heterocycles. The fourth-order valence-electron chi connectivity index (χ4n) is 0.753. The lowest BCUT2D eigenvalue weighted by molar-refractivity contribution is 0.387. The van der Waals surface area contributed by atoms with Gasteiger partial charge in [-0.25, -0.2) is 0 Å². The number of rotatable bonds is 0. The number of allylic oxidation sites excluding steroid dienone is 2. The Morgan fingerprint density at radius 2 is 2.50 bits per heavy atom. The van der Waals surface area contributed by atoms with Crippen LogP contribution < -0.4 is 5.73 Å². The molecule has 1 rings (SSSR count). The molecule has 1 aliphatic heterocycles. The summed E-state index contributed by atoms with van der Waals surface area (Å²) >= 11 is 0. The molecule has 2 N–H and O–H groups in total. The molecule has 0 aliphatic carbocycles. The van der Waals surface area contributed by atoms with Gasteiger partial charge in [-0.2, -0.15) is 5.26 Å². The molecule has 0 saturated heterocycles. The summed E-state index contributed by atoms with van der Waals surface area (Å²) in [6.45, 7) is 0. The van der Waals surface area contributed by atoms with Crippen LogP contribution >= 0.6 is 0 Å². The second-order valence-corrected chi connectivity index (χ2v) is 2.21. The lowest BCUT2D eigenvalue weighted by atomic mass is 10.2. The van der Waals surface area contributed by atoms with Gasteiger partial charge < -0.3 is 10.6 Å². The monoisotopic (exact) mass is 135 g/mol. The summed E-state index contributed by atoms with van der Waals surface area (Å²) in [5.74, 6) is 0. The van der Waals surface area contributed by atoms with Crippen LogP contribution in [-0.4, -0.2) is 18.1 Å². The Balaban J connectivity index is 2.78. The van der Waals surface area contributed by atoms with Crippen molar-refractivity contribution in [3.05, 3.63) is 23.9 Å². The van der Waals surface area contributed by atoms with Crippen LogP contribution in [0.4, 0.5) is 0 Å². The first-order chi connectivity index (χ1) is 4.74. The van der Waals surface area contributed by atoms with Crippen molar-refractivity contribution in [2.24, 2.45) is 5.73 Å². The van der Waals surface area contributed by atoms with Crippen molar-refractivity contribution in [3.63, 3.8) is 0 Å². The van der Waals surface area contributed by atoms with Gasteiger partial charge in [0.15, 0.2) is 0 Å². The summed E-state index contributed by atoms with van der Waals surface area (Å²) < 4.78 is 0. The van der Waals surface area contributed by atoms with E-state index in [1.54, 1.807) is 23.3 Å². The fraction of sp³-hybridized carbons (Fsp3) is 0.286. The largest absolute Gasteiger partial charge is 0.361 e. The third-order valence-corrected chi connectivity index (χ3v) is 1.42. The number of nitrogens with two attached hydrogens (primary N) is 1. The Hall–Kier alpha value is -1.27. The molecule has 1 aliphatic rings. The van der Waals surface area contributed by atoms with Crippen LogP contribution in [-0.2, 0) is 0 Å². The normalized spacial score (nSPS) is 23.9. The van der Waals surface area contributed by atoms with Crippen LogP contribution in [0.3, 0.4) is 0 Å². The number of hydrogen-bond acceptors (Lipinski definition) is 3. The van der Waals surface area contributed by atoms with Crippen molar-refractivity contribution in [2.45, 2.75) is 6.17 Å². The van der Waals surface area contributed by atoms with Gasteiger partial charge >= 0.3 is 0 Å². The zero-order valence-corrected chi connectivity index (χ0v) is 5.78. The van der Waals surface area contributed by atoms with Crippen molar-refractivity contribution in [1.82, 2.24) is 4.90 Å². The van der Waals surface area contributed by atoms with Crippen LogP contribution in [0, 0.1) is 11.3 Å². The molecule has 3 nitrogen and oxygen atoms in total.